The fourth-order valence-corrected chi connectivity index (χ4v) is 2.70. The van der Waals surface area contributed by atoms with Crippen molar-refractivity contribution in [2.75, 3.05) is 24.7 Å². The van der Waals surface area contributed by atoms with Crippen LogP contribution in [-0.4, -0.2) is 37.7 Å². The third kappa shape index (κ3) is 4.33. The average Bonchev–Trinajstić information content (AvgIpc) is 2.66. The highest BCUT2D eigenvalue weighted by Crippen LogP contribution is 2.33. The van der Waals surface area contributed by atoms with Crippen LogP contribution in [0.3, 0.4) is 0 Å². The van der Waals surface area contributed by atoms with Crippen molar-refractivity contribution in [1.82, 2.24) is 0 Å². The van der Waals surface area contributed by atoms with Crippen LogP contribution >= 0.6 is 0 Å². The van der Waals surface area contributed by atoms with Gasteiger partial charge in [-0.05, 0) is 31.2 Å². The molecule has 0 saturated heterocycles. The normalized spacial score (nSPS) is 15.8. The van der Waals surface area contributed by atoms with E-state index >= 15 is 0 Å². The summed E-state index contributed by atoms with van der Waals surface area (Å²) in [5, 5.41) is 0. The van der Waals surface area contributed by atoms with Gasteiger partial charge in [-0.15, -0.1) is 0 Å². The van der Waals surface area contributed by atoms with E-state index in [-0.39, 0.29) is 38.1 Å². The Bertz CT molecular complexity index is 762. The van der Waals surface area contributed by atoms with E-state index < -0.39 is 6.10 Å². The van der Waals surface area contributed by atoms with Gasteiger partial charge in [0.2, 0.25) is 0 Å². The van der Waals surface area contributed by atoms with E-state index in [9.17, 15) is 9.59 Å². The Balaban J connectivity index is 1.46. The zero-order valence-electron chi connectivity index (χ0n) is 14.6. The van der Waals surface area contributed by atoms with Crippen LogP contribution in [0.5, 0.6) is 11.5 Å². The lowest BCUT2D eigenvalue weighted by Gasteiger charge is -2.32. The smallest absolute Gasteiger partial charge is 0.307 e. The van der Waals surface area contributed by atoms with Crippen molar-refractivity contribution in [3.8, 4) is 11.5 Å². The third-order valence-electron chi connectivity index (χ3n) is 3.97. The van der Waals surface area contributed by atoms with Crippen LogP contribution in [0.25, 0.3) is 0 Å². The van der Waals surface area contributed by atoms with Crippen LogP contribution in [-0.2, 0) is 14.3 Å². The molecule has 6 heteroatoms. The predicted octanol–water partition coefficient (Wildman–Crippen LogP) is 2.81. The lowest BCUT2D eigenvalue weighted by atomic mass is 10.2. The maximum Gasteiger partial charge on any atom is 0.307 e. The van der Waals surface area contributed by atoms with E-state index in [2.05, 4.69) is 0 Å². The molecule has 1 atom stereocenters. The van der Waals surface area contributed by atoms with Crippen molar-refractivity contribution in [3.05, 3.63) is 54.6 Å². The van der Waals surface area contributed by atoms with Crippen LogP contribution in [0.15, 0.2) is 54.6 Å². The minimum atomic E-state index is -0.569. The molecule has 0 aromatic heterocycles. The van der Waals surface area contributed by atoms with Crippen LogP contribution in [0.1, 0.15) is 13.3 Å². The van der Waals surface area contributed by atoms with Crippen LogP contribution in [0, 0.1) is 0 Å². The zero-order valence-corrected chi connectivity index (χ0v) is 14.6. The number of nitrogens with zero attached hydrogens (tertiary/aromatic N) is 1. The van der Waals surface area contributed by atoms with Gasteiger partial charge in [-0.25, -0.2) is 0 Å². The van der Waals surface area contributed by atoms with Gasteiger partial charge in [0.05, 0.1) is 12.1 Å². The van der Waals surface area contributed by atoms with Gasteiger partial charge in [-0.1, -0.05) is 30.3 Å². The Kier molecular flexibility index (Phi) is 5.73. The maximum atomic E-state index is 12.3. The number of fused-ring (bicyclic) bond motifs is 1. The van der Waals surface area contributed by atoms with Gasteiger partial charge >= 0.3 is 5.97 Å². The van der Waals surface area contributed by atoms with Crippen LogP contribution in [0.2, 0.25) is 0 Å². The first kappa shape index (κ1) is 17.8. The molecular formula is C20H21NO5. The number of carbonyl (C=O) groups is 2. The highest BCUT2D eigenvalue weighted by Gasteiger charge is 2.31. The number of anilines is 1. The van der Waals surface area contributed by atoms with Gasteiger partial charge in [0.15, 0.2) is 6.10 Å². The SMILES string of the molecule is CC1Oc2ccccc2N(CCC(=O)OCCOc2ccccc2)C1=O. The molecule has 1 aliphatic heterocycles. The van der Waals surface area contributed by atoms with E-state index in [4.69, 9.17) is 14.2 Å². The topological polar surface area (TPSA) is 65.1 Å². The summed E-state index contributed by atoms with van der Waals surface area (Å²) in [6, 6.07) is 16.6. The Morgan fingerprint density at radius 3 is 2.62 bits per heavy atom. The second-order valence-electron chi connectivity index (χ2n) is 5.85. The molecule has 0 fully saturated rings. The molecule has 0 spiro atoms. The highest BCUT2D eigenvalue weighted by molar-refractivity contribution is 6.00. The highest BCUT2D eigenvalue weighted by atomic mass is 16.6. The van der Waals surface area contributed by atoms with Crippen molar-refractivity contribution in [1.29, 1.82) is 0 Å². The van der Waals surface area contributed by atoms with Gasteiger partial charge in [-0.2, -0.15) is 0 Å². The summed E-state index contributed by atoms with van der Waals surface area (Å²) >= 11 is 0. The number of rotatable bonds is 7. The number of benzene rings is 2. The van der Waals surface area contributed by atoms with E-state index in [1.807, 2.05) is 48.5 Å². The number of hydrogen-bond donors (Lipinski definition) is 0. The Morgan fingerprint density at radius 1 is 1.08 bits per heavy atom. The quantitative estimate of drug-likeness (QED) is 0.564. The van der Waals surface area contributed by atoms with Gasteiger partial charge in [0.1, 0.15) is 24.7 Å². The third-order valence-corrected chi connectivity index (χ3v) is 3.97. The predicted molar refractivity (Wildman–Crippen MR) is 96.4 cm³/mol. The Morgan fingerprint density at radius 2 is 1.81 bits per heavy atom. The summed E-state index contributed by atoms with van der Waals surface area (Å²) < 4.78 is 16.2. The molecule has 2 aromatic carbocycles. The second-order valence-corrected chi connectivity index (χ2v) is 5.85. The van der Waals surface area contributed by atoms with E-state index in [0.717, 1.165) is 5.75 Å². The molecule has 0 bridgehead atoms. The fourth-order valence-electron chi connectivity index (χ4n) is 2.70. The number of ether oxygens (including phenoxy) is 3. The van der Waals surface area contributed by atoms with Crippen LogP contribution < -0.4 is 14.4 Å². The summed E-state index contributed by atoms with van der Waals surface area (Å²) in [5.41, 5.74) is 0.677. The van der Waals surface area contributed by atoms with Crippen LogP contribution in [0.4, 0.5) is 5.69 Å². The maximum absolute atomic E-state index is 12.3. The van der Waals surface area contributed by atoms with Gasteiger partial charge in [0, 0.05) is 6.54 Å². The minimum absolute atomic E-state index is 0.109. The average molecular weight is 355 g/mol. The molecule has 3 rings (SSSR count). The van der Waals surface area contributed by atoms with E-state index in [1.54, 1.807) is 17.9 Å². The summed E-state index contributed by atoms with van der Waals surface area (Å²) in [5.74, 6) is 0.840. The molecule has 0 saturated carbocycles. The first-order chi connectivity index (χ1) is 12.6. The number of amides is 1. The lowest BCUT2D eigenvalue weighted by molar-refractivity contribution is -0.144. The standard InChI is InChI=1S/C20H21NO5/c1-15-20(23)21(17-9-5-6-10-18(17)26-15)12-11-19(22)25-14-13-24-16-7-3-2-4-8-16/h2-10,15H,11-14H2,1H3. The van der Waals surface area contributed by atoms with Crippen molar-refractivity contribution in [2.45, 2.75) is 19.4 Å². The molecule has 0 N–H and O–H groups in total. The molecule has 26 heavy (non-hydrogen) atoms. The van der Waals surface area contributed by atoms with Gasteiger partial charge in [0.25, 0.3) is 5.91 Å². The largest absolute Gasteiger partial charge is 0.490 e. The molecule has 2 aromatic rings. The number of hydrogen-bond acceptors (Lipinski definition) is 5. The monoisotopic (exact) mass is 355 g/mol. The number of esters is 1. The summed E-state index contributed by atoms with van der Waals surface area (Å²) in [6.45, 7) is 2.40. The lowest BCUT2D eigenvalue weighted by Crippen LogP contribution is -2.45. The Hall–Kier alpha value is -3.02. The molecule has 1 unspecified atom stereocenters. The van der Waals surface area contributed by atoms with Crippen molar-refractivity contribution < 1.29 is 23.8 Å². The van der Waals surface area contributed by atoms with E-state index in [1.165, 1.54) is 0 Å². The van der Waals surface area contributed by atoms with Gasteiger partial charge < -0.3 is 19.1 Å². The first-order valence-corrected chi connectivity index (χ1v) is 8.55. The molecule has 0 radical (unpaired) electrons. The Labute approximate surface area is 152 Å². The molecule has 1 amide bonds. The summed E-state index contributed by atoms with van der Waals surface area (Å²) in [6.07, 6.45) is -0.460. The molecule has 0 aliphatic carbocycles. The molecule has 1 heterocycles. The van der Waals surface area contributed by atoms with Crippen molar-refractivity contribution >= 4 is 17.6 Å². The zero-order chi connectivity index (χ0) is 18.4. The number of carbonyl (C=O) groups excluding carboxylic acids is 2. The summed E-state index contributed by atoms with van der Waals surface area (Å²) in [7, 11) is 0. The fraction of sp³-hybridized carbons (Fsp3) is 0.300. The second kappa shape index (κ2) is 8.38. The van der Waals surface area contributed by atoms with Gasteiger partial charge in [-0.3, -0.25) is 9.59 Å². The van der Waals surface area contributed by atoms with E-state index in [0.29, 0.717) is 11.4 Å². The molecule has 1 aliphatic rings. The van der Waals surface area contributed by atoms with Crippen molar-refractivity contribution in [2.24, 2.45) is 0 Å². The first-order valence-electron chi connectivity index (χ1n) is 8.55. The molecular weight excluding hydrogens is 334 g/mol. The number of para-hydroxylation sites is 3. The minimum Gasteiger partial charge on any atom is -0.490 e. The summed E-state index contributed by atoms with van der Waals surface area (Å²) in [4.78, 5) is 25.9. The van der Waals surface area contributed by atoms with Crippen molar-refractivity contribution in [3.63, 3.8) is 0 Å². The molecule has 6 nitrogen and oxygen atoms in total. The molecule has 136 valence electrons.